The molecule has 3 nitrogen and oxygen atoms in total. The van der Waals surface area contributed by atoms with Gasteiger partial charge in [-0.2, -0.15) is 0 Å². The van der Waals surface area contributed by atoms with Gasteiger partial charge in [-0.3, -0.25) is 0 Å². The monoisotopic (exact) mass is 251 g/mol. The fraction of sp³-hybridized carbons (Fsp3) is 0.600. The molecule has 102 valence electrons. The quantitative estimate of drug-likeness (QED) is 0.808. The van der Waals surface area contributed by atoms with Crippen LogP contribution in [-0.4, -0.2) is 27.4 Å². The molecule has 0 saturated heterocycles. The van der Waals surface area contributed by atoms with Crippen molar-refractivity contribution < 1.29 is 9.47 Å². The van der Waals surface area contributed by atoms with Crippen molar-refractivity contribution in [3.63, 3.8) is 0 Å². The van der Waals surface area contributed by atoms with Gasteiger partial charge in [0.05, 0.1) is 7.11 Å². The third kappa shape index (κ3) is 4.31. The van der Waals surface area contributed by atoms with Gasteiger partial charge in [-0.25, -0.2) is 0 Å². The van der Waals surface area contributed by atoms with Gasteiger partial charge >= 0.3 is 0 Å². The molecule has 0 fully saturated rings. The fourth-order valence-electron chi connectivity index (χ4n) is 2.02. The van der Waals surface area contributed by atoms with E-state index in [9.17, 15) is 0 Å². The Balaban J connectivity index is 2.65. The van der Waals surface area contributed by atoms with Crippen LogP contribution in [0.25, 0.3) is 0 Å². The van der Waals surface area contributed by atoms with Crippen molar-refractivity contribution in [2.24, 2.45) is 5.92 Å². The van der Waals surface area contributed by atoms with Crippen molar-refractivity contribution in [1.82, 2.24) is 5.32 Å². The maximum Gasteiger partial charge on any atom is 0.123 e. The van der Waals surface area contributed by atoms with E-state index in [0.29, 0.717) is 5.92 Å². The molecule has 0 heterocycles. The zero-order valence-corrected chi connectivity index (χ0v) is 12.1. The van der Waals surface area contributed by atoms with E-state index in [1.165, 1.54) is 11.1 Å². The molecule has 0 radical (unpaired) electrons. The van der Waals surface area contributed by atoms with E-state index < -0.39 is 0 Å². The standard InChI is InChI=1S/C15H25NO2/c1-11-6-7-15(18-5)14(8-11)13(3)16-9-12(2)10-17-4/h6-8,12-13,16H,9-10H2,1-5H3. The van der Waals surface area contributed by atoms with Crippen LogP contribution in [0.1, 0.15) is 31.0 Å². The highest BCUT2D eigenvalue weighted by atomic mass is 16.5. The van der Waals surface area contributed by atoms with Gasteiger partial charge in [0.2, 0.25) is 0 Å². The minimum absolute atomic E-state index is 0.277. The molecule has 2 atom stereocenters. The molecular weight excluding hydrogens is 226 g/mol. The lowest BCUT2D eigenvalue weighted by Gasteiger charge is -2.20. The second-order valence-electron chi connectivity index (χ2n) is 4.94. The highest BCUT2D eigenvalue weighted by molar-refractivity contribution is 5.38. The molecular formula is C15H25NO2. The molecule has 0 aliphatic carbocycles. The van der Waals surface area contributed by atoms with Gasteiger partial charge < -0.3 is 14.8 Å². The Bertz CT molecular complexity index is 366. The summed E-state index contributed by atoms with van der Waals surface area (Å²) in [6.07, 6.45) is 0. The molecule has 0 aromatic heterocycles. The second-order valence-corrected chi connectivity index (χ2v) is 4.94. The maximum absolute atomic E-state index is 5.41. The topological polar surface area (TPSA) is 30.5 Å². The number of ether oxygens (including phenoxy) is 2. The average Bonchev–Trinajstić information content (AvgIpc) is 2.36. The first-order valence-corrected chi connectivity index (χ1v) is 6.45. The average molecular weight is 251 g/mol. The Morgan fingerprint density at radius 1 is 1.22 bits per heavy atom. The SMILES string of the molecule is COCC(C)CNC(C)c1cc(C)ccc1OC. The van der Waals surface area contributed by atoms with E-state index in [2.05, 4.69) is 38.2 Å². The summed E-state index contributed by atoms with van der Waals surface area (Å²) < 4.78 is 10.6. The fourth-order valence-corrected chi connectivity index (χ4v) is 2.02. The van der Waals surface area contributed by atoms with Crippen LogP contribution in [0.4, 0.5) is 0 Å². The van der Waals surface area contributed by atoms with Crippen molar-refractivity contribution in [1.29, 1.82) is 0 Å². The third-order valence-corrected chi connectivity index (χ3v) is 3.08. The number of nitrogens with one attached hydrogen (secondary N) is 1. The van der Waals surface area contributed by atoms with E-state index in [-0.39, 0.29) is 6.04 Å². The first-order chi connectivity index (χ1) is 8.58. The Hall–Kier alpha value is -1.06. The van der Waals surface area contributed by atoms with Gasteiger partial charge in [0.1, 0.15) is 5.75 Å². The van der Waals surface area contributed by atoms with Crippen LogP contribution < -0.4 is 10.1 Å². The summed E-state index contributed by atoms with van der Waals surface area (Å²) in [4.78, 5) is 0. The lowest BCUT2D eigenvalue weighted by Crippen LogP contribution is -2.26. The van der Waals surface area contributed by atoms with Crippen molar-refractivity contribution in [3.05, 3.63) is 29.3 Å². The Kier molecular flexibility index (Phi) is 6.16. The van der Waals surface area contributed by atoms with Crippen LogP contribution in [0.3, 0.4) is 0 Å². The molecule has 1 rings (SSSR count). The van der Waals surface area contributed by atoms with Gasteiger partial charge in [0.15, 0.2) is 0 Å². The van der Waals surface area contributed by atoms with Gasteiger partial charge in [-0.1, -0.05) is 24.6 Å². The summed E-state index contributed by atoms with van der Waals surface area (Å²) in [5.41, 5.74) is 2.46. The molecule has 0 aliphatic rings. The van der Waals surface area contributed by atoms with Crippen molar-refractivity contribution in [3.8, 4) is 5.75 Å². The summed E-state index contributed by atoms with van der Waals surface area (Å²) in [7, 11) is 3.46. The Labute approximate surface area is 110 Å². The molecule has 0 amide bonds. The Morgan fingerprint density at radius 2 is 1.94 bits per heavy atom. The van der Waals surface area contributed by atoms with Gasteiger partial charge in [-0.05, 0) is 25.8 Å². The highest BCUT2D eigenvalue weighted by Crippen LogP contribution is 2.26. The van der Waals surface area contributed by atoms with Gasteiger partial charge in [0, 0.05) is 31.9 Å². The molecule has 1 aromatic carbocycles. The van der Waals surface area contributed by atoms with Crippen molar-refractivity contribution in [2.75, 3.05) is 27.4 Å². The number of methoxy groups -OCH3 is 2. The van der Waals surface area contributed by atoms with E-state index >= 15 is 0 Å². The van der Waals surface area contributed by atoms with Gasteiger partial charge in [-0.15, -0.1) is 0 Å². The lowest BCUT2D eigenvalue weighted by molar-refractivity contribution is 0.157. The molecule has 0 bridgehead atoms. The zero-order valence-electron chi connectivity index (χ0n) is 12.1. The summed E-state index contributed by atoms with van der Waals surface area (Å²) in [5, 5.41) is 3.53. The van der Waals surface area contributed by atoms with E-state index in [4.69, 9.17) is 9.47 Å². The van der Waals surface area contributed by atoms with Crippen LogP contribution in [0, 0.1) is 12.8 Å². The van der Waals surface area contributed by atoms with Crippen LogP contribution in [0.5, 0.6) is 5.75 Å². The van der Waals surface area contributed by atoms with E-state index in [1.807, 2.05) is 6.07 Å². The largest absolute Gasteiger partial charge is 0.496 e. The first kappa shape index (κ1) is 15.0. The molecule has 0 spiro atoms. The summed E-state index contributed by atoms with van der Waals surface area (Å²) in [6, 6.07) is 6.56. The first-order valence-electron chi connectivity index (χ1n) is 6.45. The van der Waals surface area contributed by atoms with E-state index in [0.717, 1.165) is 18.9 Å². The number of hydrogen-bond donors (Lipinski definition) is 1. The maximum atomic E-state index is 5.41. The number of aryl methyl sites for hydroxylation is 1. The minimum Gasteiger partial charge on any atom is -0.496 e. The predicted molar refractivity (Wildman–Crippen MR) is 75.2 cm³/mol. The molecule has 18 heavy (non-hydrogen) atoms. The third-order valence-electron chi connectivity index (χ3n) is 3.08. The summed E-state index contributed by atoms with van der Waals surface area (Å²) in [6.45, 7) is 8.16. The van der Waals surface area contributed by atoms with Crippen LogP contribution >= 0.6 is 0 Å². The minimum atomic E-state index is 0.277. The Morgan fingerprint density at radius 3 is 2.56 bits per heavy atom. The predicted octanol–water partition coefficient (Wildman–Crippen LogP) is 2.94. The highest BCUT2D eigenvalue weighted by Gasteiger charge is 2.12. The normalized spacial score (nSPS) is 14.3. The van der Waals surface area contributed by atoms with Crippen molar-refractivity contribution in [2.45, 2.75) is 26.8 Å². The molecule has 3 heteroatoms. The van der Waals surface area contributed by atoms with Crippen LogP contribution in [-0.2, 0) is 4.74 Å². The van der Waals surface area contributed by atoms with Crippen LogP contribution in [0.15, 0.2) is 18.2 Å². The summed E-state index contributed by atoms with van der Waals surface area (Å²) >= 11 is 0. The number of rotatable bonds is 7. The summed E-state index contributed by atoms with van der Waals surface area (Å²) in [5.74, 6) is 1.45. The molecule has 1 aromatic rings. The number of benzene rings is 1. The van der Waals surface area contributed by atoms with Gasteiger partial charge in [0.25, 0.3) is 0 Å². The number of hydrogen-bond acceptors (Lipinski definition) is 3. The molecule has 0 saturated carbocycles. The lowest BCUT2D eigenvalue weighted by atomic mass is 10.0. The molecule has 2 unspecified atom stereocenters. The second kappa shape index (κ2) is 7.39. The zero-order chi connectivity index (χ0) is 13.5. The smallest absolute Gasteiger partial charge is 0.123 e. The molecule has 0 aliphatic heterocycles. The van der Waals surface area contributed by atoms with Crippen molar-refractivity contribution >= 4 is 0 Å². The van der Waals surface area contributed by atoms with Crippen LogP contribution in [0.2, 0.25) is 0 Å². The van der Waals surface area contributed by atoms with E-state index in [1.54, 1.807) is 14.2 Å². The molecule has 1 N–H and O–H groups in total.